The van der Waals surface area contributed by atoms with Crippen molar-refractivity contribution in [2.24, 2.45) is 0 Å². The van der Waals surface area contributed by atoms with Gasteiger partial charge in [0.05, 0.1) is 6.04 Å². The van der Waals surface area contributed by atoms with Crippen LogP contribution < -0.4 is 5.32 Å². The Labute approximate surface area is 108 Å². The second kappa shape index (κ2) is 6.40. The van der Waals surface area contributed by atoms with E-state index in [4.69, 9.17) is 4.52 Å². The second-order valence-corrected chi connectivity index (χ2v) is 6.97. The summed E-state index contributed by atoms with van der Waals surface area (Å²) in [4.78, 5) is 4.26. The highest BCUT2D eigenvalue weighted by molar-refractivity contribution is 8.00. The van der Waals surface area contributed by atoms with Crippen LogP contribution in [0.3, 0.4) is 0 Å². The van der Waals surface area contributed by atoms with Crippen molar-refractivity contribution in [3.8, 4) is 0 Å². The fraction of sp³-hybridized carbons (Fsp3) is 0.833. The molecule has 0 spiro atoms. The highest BCUT2D eigenvalue weighted by atomic mass is 32.2. The minimum atomic E-state index is 0.202. The molecule has 98 valence electrons. The van der Waals surface area contributed by atoms with Gasteiger partial charge in [0.1, 0.15) is 0 Å². The Morgan fingerprint density at radius 3 is 2.59 bits per heavy atom. The van der Waals surface area contributed by atoms with Crippen LogP contribution in [0.1, 0.15) is 51.9 Å². The highest BCUT2D eigenvalue weighted by Gasteiger charge is 2.15. The molecule has 1 N–H and O–H groups in total. The van der Waals surface area contributed by atoms with Gasteiger partial charge in [-0.3, -0.25) is 0 Å². The van der Waals surface area contributed by atoms with E-state index in [2.05, 4.69) is 43.2 Å². The first-order chi connectivity index (χ1) is 7.92. The van der Waals surface area contributed by atoms with Gasteiger partial charge in [-0.1, -0.05) is 32.9 Å². The molecule has 0 bridgehead atoms. The molecule has 1 aromatic rings. The third kappa shape index (κ3) is 5.55. The fourth-order valence-corrected chi connectivity index (χ4v) is 2.30. The van der Waals surface area contributed by atoms with Crippen LogP contribution in [0.4, 0.5) is 0 Å². The van der Waals surface area contributed by atoms with Crippen molar-refractivity contribution in [2.45, 2.75) is 51.8 Å². The Hall–Kier alpha value is -0.550. The lowest BCUT2D eigenvalue weighted by Gasteiger charge is -2.19. The molecule has 0 aromatic carbocycles. The van der Waals surface area contributed by atoms with Gasteiger partial charge in [-0.05, 0) is 6.42 Å². The number of aryl methyl sites for hydroxylation is 1. The second-order valence-electron chi connectivity index (χ2n) is 5.05. The van der Waals surface area contributed by atoms with Gasteiger partial charge in [-0.15, -0.1) is 0 Å². The van der Waals surface area contributed by atoms with Gasteiger partial charge in [0.15, 0.2) is 5.82 Å². The van der Waals surface area contributed by atoms with Crippen molar-refractivity contribution in [3.63, 3.8) is 0 Å². The lowest BCUT2D eigenvalue weighted by Crippen LogP contribution is -2.25. The summed E-state index contributed by atoms with van der Waals surface area (Å²) in [6.07, 6.45) is 0.971. The number of aromatic nitrogens is 2. The number of hydrogen-bond donors (Lipinski definition) is 1. The fourth-order valence-electron chi connectivity index (χ4n) is 1.47. The van der Waals surface area contributed by atoms with E-state index in [1.165, 1.54) is 0 Å². The van der Waals surface area contributed by atoms with E-state index in [1.807, 2.05) is 18.7 Å². The van der Waals surface area contributed by atoms with Crippen molar-refractivity contribution in [2.75, 3.05) is 12.3 Å². The molecule has 4 nitrogen and oxygen atoms in total. The summed E-state index contributed by atoms with van der Waals surface area (Å²) in [6.45, 7) is 11.6. The molecule has 1 heterocycles. The van der Waals surface area contributed by atoms with Gasteiger partial charge < -0.3 is 9.84 Å². The van der Waals surface area contributed by atoms with Gasteiger partial charge in [0, 0.05) is 24.0 Å². The Balaban J connectivity index is 2.33. The van der Waals surface area contributed by atoms with E-state index >= 15 is 0 Å². The Morgan fingerprint density at radius 2 is 2.12 bits per heavy atom. The summed E-state index contributed by atoms with van der Waals surface area (Å²) in [5.41, 5.74) is 0. The molecule has 1 atom stereocenters. The van der Waals surface area contributed by atoms with Gasteiger partial charge in [0.2, 0.25) is 5.89 Å². The topological polar surface area (TPSA) is 51.0 Å². The molecule has 0 saturated carbocycles. The summed E-state index contributed by atoms with van der Waals surface area (Å²) in [5.74, 6) is 2.49. The molecule has 0 aliphatic carbocycles. The molecular formula is C12H23N3OS. The minimum Gasteiger partial charge on any atom is -0.340 e. The summed E-state index contributed by atoms with van der Waals surface area (Å²) in [6, 6.07) is 0.202. The number of nitrogens with one attached hydrogen (secondary N) is 1. The molecule has 17 heavy (non-hydrogen) atoms. The largest absolute Gasteiger partial charge is 0.340 e. The van der Waals surface area contributed by atoms with Gasteiger partial charge in [-0.2, -0.15) is 16.7 Å². The zero-order chi connectivity index (χ0) is 12.9. The molecule has 1 aromatic heterocycles. The van der Waals surface area contributed by atoms with Crippen LogP contribution in [0.25, 0.3) is 0 Å². The molecule has 0 aliphatic heterocycles. The monoisotopic (exact) mass is 257 g/mol. The average Bonchev–Trinajstić information content (AvgIpc) is 2.63. The van der Waals surface area contributed by atoms with Gasteiger partial charge in [-0.25, -0.2) is 0 Å². The van der Waals surface area contributed by atoms with Crippen molar-refractivity contribution < 1.29 is 4.52 Å². The van der Waals surface area contributed by atoms with Crippen LogP contribution in [-0.2, 0) is 0 Å². The molecule has 0 aliphatic rings. The smallest absolute Gasteiger partial charge is 0.223 e. The molecule has 0 fully saturated rings. The number of nitrogens with zero attached hydrogens (tertiary/aromatic N) is 2. The van der Waals surface area contributed by atoms with Crippen LogP contribution in [0, 0.1) is 6.92 Å². The molecule has 0 unspecified atom stereocenters. The first-order valence-electron chi connectivity index (χ1n) is 6.10. The quantitative estimate of drug-likeness (QED) is 0.794. The van der Waals surface area contributed by atoms with E-state index in [0.717, 1.165) is 24.5 Å². The Morgan fingerprint density at radius 1 is 1.41 bits per heavy atom. The number of rotatable bonds is 6. The first kappa shape index (κ1) is 14.5. The first-order valence-corrected chi connectivity index (χ1v) is 7.08. The van der Waals surface area contributed by atoms with Crippen molar-refractivity contribution in [1.82, 2.24) is 15.5 Å². The van der Waals surface area contributed by atoms with Crippen molar-refractivity contribution >= 4 is 11.8 Å². The van der Waals surface area contributed by atoms with Crippen LogP contribution in [-0.4, -0.2) is 27.2 Å². The normalized spacial score (nSPS) is 13.9. The highest BCUT2D eigenvalue weighted by Crippen LogP contribution is 2.22. The minimum absolute atomic E-state index is 0.202. The molecule has 1 rings (SSSR count). The maximum absolute atomic E-state index is 5.00. The van der Waals surface area contributed by atoms with Gasteiger partial charge in [0.25, 0.3) is 0 Å². The summed E-state index contributed by atoms with van der Waals surface area (Å²) < 4.78 is 5.33. The summed E-state index contributed by atoms with van der Waals surface area (Å²) >= 11 is 1.96. The van der Waals surface area contributed by atoms with Crippen LogP contribution in [0.15, 0.2) is 4.52 Å². The van der Waals surface area contributed by atoms with E-state index in [9.17, 15) is 0 Å². The van der Waals surface area contributed by atoms with Crippen molar-refractivity contribution in [3.05, 3.63) is 11.7 Å². The number of thioether (sulfide) groups is 1. The zero-order valence-corrected chi connectivity index (χ0v) is 12.2. The maximum Gasteiger partial charge on any atom is 0.223 e. The number of hydrogen-bond acceptors (Lipinski definition) is 5. The SMILES string of the molecule is CC[C@H](NCCSC(C)(C)C)c1noc(C)n1. The van der Waals surface area contributed by atoms with E-state index in [0.29, 0.717) is 10.6 Å². The van der Waals surface area contributed by atoms with Crippen LogP contribution >= 0.6 is 11.8 Å². The average molecular weight is 257 g/mol. The Kier molecular flexibility index (Phi) is 5.46. The lowest BCUT2D eigenvalue weighted by atomic mass is 10.2. The zero-order valence-electron chi connectivity index (χ0n) is 11.4. The van der Waals surface area contributed by atoms with Crippen LogP contribution in [0.2, 0.25) is 0 Å². The van der Waals surface area contributed by atoms with Crippen molar-refractivity contribution in [1.29, 1.82) is 0 Å². The predicted octanol–water partition coefficient (Wildman–Crippen LogP) is 2.95. The van der Waals surface area contributed by atoms with E-state index in [-0.39, 0.29) is 6.04 Å². The summed E-state index contributed by atoms with van der Waals surface area (Å²) in [5, 5.41) is 7.42. The molecule has 0 radical (unpaired) electrons. The molecular weight excluding hydrogens is 234 g/mol. The maximum atomic E-state index is 5.00. The third-order valence-electron chi connectivity index (χ3n) is 2.29. The standard InChI is InChI=1S/C12H23N3OS/c1-6-10(11-14-9(2)16-15-11)13-7-8-17-12(3,4)5/h10,13H,6-8H2,1-5H3/t10-/m0/s1. The van der Waals surface area contributed by atoms with Gasteiger partial charge >= 0.3 is 0 Å². The summed E-state index contributed by atoms with van der Waals surface area (Å²) in [7, 11) is 0. The van der Waals surface area contributed by atoms with Crippen LogP contribution in [0.5, 0.6) is 0 Å². The predicted molar refractivity (Wildman–Crippen MR) is 72.3 cm³/mol. The third-order valence-corrected chi connectivity index (χ3v) is 3.57. The lowest BCUT2D eigenvalue weighted by molar-refractivity contribution is 0.376. The Bertz CT molecular complexity index is 333. The molecule has 0 amide bonds. The molecule has 0 saturated heterocycles. The van der Waals surface area contributed by atoms with E-state index < -0.39 is 0 Å². The van der Waals surface area contributed by atoms with E-state index in [1.54, 1.807) is 0 Å². The molecule has 5 heteroatoms.